The Hall–Kier alpha value is -0.370. The quantitative estimate of drug-likeness (QED) is 0.728. The number of methoxy groups -OCH3 is 1. The fraction of sp³-hybridized carbons (Fsp3) is 0.538. The molecule has 0 fully saturated rings. The zero-order valence-corrected chi connectivity index (χ0v) is 14.6. The van der Waals surface area contributed by atoms with E-state index < -0.39 is 10.0 Å². The molecule has 8 heteroatoms. The average molecular weight is 355 g/mol. The summed E-state index contributed by atoms with van der Waals surface area (Å²) in [6.07, 6.45) is 0.605. The Balaban J connectivity index is 3.12. The van der Waals surface area contributed by atoms with Crippen LogP contribution in [-0.2, 0) is 21.3 Å². The lowest BCUT2D eigenvalue weighted by Crippen LogP contribution is -2.29. The summed E-state index contributed by atoms with van der Waals surface area (Å²) in [5, 5.41) is 3.48. The number of nitrogens with one attached hydrogen (secondary N) is 1. The summed E-state index contributed by atoms with van der Waals surface area (Å²) in [7, 11) is 1.16. The Morgan fingerprint density at radius 2 is 2.00 bits per heavy atom. The van der Waals surface area contributed by atoms with Crippen LogP contribution in [-0.4, -0.2) is 47.1 Å². The van der Waals surface area contributed by atoms with E-state index in [1.807, 2.05) is 0 Å². The number of rotatable bonds is 8. The van der Waals surface area contributed by atoms with Crippen molar-refractivity contribution in [2.24, 2.45) is 0 Å². The van der Waals surface area contributed by atoms with Crippen molar-refractivity contribution in [1.29, 1.82) is 0 Å². The van der Waals surface area contributed by atoms with Gasteiger partial charge in [0.15, 0.2) is 0 Å². The smallest absolute Gasteiger partial charge is 0.244 e. The molecule has 0 aliphatic carbocycles. The van der Waals surface area contributed by atoms with Crippen LogP contribution in [0.1, 0.15) is 12.0 Å². The van der Waals surface area contributed by atoms with Crippen molar-refractivity contribution in [2.75, 3.05) is 34.4 Å². The molecule has 0 radical (unpaired) electrons. The predicted octanol–water partition coefficient (Wildman–Crippen LogP) is 2.37. The third-order valence-electron chi connectivity index (χ3n) is 2.96. The van der Waals surface area contributed by atoms with Crippen molar-refractivity contribution in [3.8, 4) is 0 Å². The van der Waals surface area contributed by atoms with Crippen LogP contribution in [0.5, 0.6) is 0 Å². The summed E-state index contributed by atoms with van der Waals surface area (Å²) in [6.45, 7) is 1.28. The molecule has 5 nitrogen and oxygen atoms in total. The zero-order valence-electron chi connectivity index (χ0n) is 12.3. The standard InChI is InChI=1S/C13H20Cl2N2O3S/c1-16-9-10-7-11(14)8-12(13(10)15)21(18,19)17(2)5-4-6-20-3/h7-8,16H,4-6,9H2,1-3H3. The lowest BCUT2D eigenvalue weighted by Gasteiger charge is -2.19. The molecule has 0 aromatic heterocycles. The van der Waals surface area contributed by atoms with Crippen molar-refractivity contribution in [1.82, 2.24) is 9.62 Å². The molecule has 120 valence electrons. The molecule has 1 aromatic rings. The van der Waals surface area contributed by atoms with Gasteiger partial charge in [0, 0.05) is 38.9 Å². The average Bonchev–Trinajstić information content (AvgIpc) is 2.42. The van der Waals surface area contributed by atoms with E-state index in [0.29, 0.717) is 36.7 Å². The predicted molar refractivity (Wildman–Crippen MR) is 85.5 cm³/mol. The van der Waals surface area contributed by atoms with E-state index in [-0.39, 0.29) is 9.92 Å². The van der Waals surface area contributed by atoms with Gasteiger partial charge in [-0.25, -0.2) is 12.7 Å². The van der Waals surface area contributed by atoms with Gasteiger partial charge in [-0.05, 0) is 31.2 Å². The van der Waals surface area contributed by atoms with Gasteiger partial charge in [-0.15, -0.1) is 0 Å². The van der Waals surface area contributed by atoms with E-state index in [9.17, 15) is 8.42 Å². The number of benzene rings is 1. The summed E-state index contributed by atoms with van der Waals surface area (Å²) < 4.78 is 31.3. The van der Waals surface area contributed by atoms with Crippen LogP contribution in [0.3, 0.4) is 0 Å². The molecule has 0 spiro atoms. The van der Waals surface area contributed by atoms with Gasteiger partial charge in [0.25, 0.3) is 0 Å². The molecule has 0 unspecified atom stereocenters. The second-order valence-electron chi connectivity index (χ2n) is 4.58. The SMILES string of the molecule is CNCc1cc(Cl)cc(S(=O)(=O)N(C)CCCOC)c1Cl. The van der Waals surface area contributed by atoms with Crippen LogP contribution in [0.25, 0.3) is 0 Å². The lowest BCUT2D eigenvalue weighted by molar-refractivity contribution is 0.189. The van der Waals surface area contributed by atoms with E-state index in [0.717, 1.165) is 0 Å². The lowest BCUT2D eigenvalue weighted by atomic mass is 10.2. The van der Waals surface area contributed by atoms with E-state index in [1.165, 1.54) is 17.4 Å². The van der Waals surface area contributed by atoms with Crippen LogP contribution >= 0.6 is 23.2 Å². The monoisotopic (exact) mass is 354 g/mol. The fourth-order valence-electron chi connectivity index (χ4n) is 1.84. The number of hydrogen-bond acceptors (Lipinski definition) is 4. The summed E-state index contributed by atoms with van der Waals surface area (Å²) in [5.74, 6) is 0. The van der Waals surface area contributed by atoms with Crippen molar-refractivity contribution in [3.63, 3.8) is 0 Å². The molecule has 21 heavy (non-hydrogen) atoms. The van der Waals surface area contributed by atoms with Gasteiger partial charge in [0.1, 0.15) is 4.90 Å². The summed E-state index contributed by atoms with van der Waals surface area (Å²) in [5.41, 5.74) is 0.649. The largest absolute Gasteiger partial charge is 0.385 e. The van der Waals surface area contributed by atoms with E-state index >= 15 is 0 Å². The maximum absolute atomic E-state index is 12.6. The maximum atomic E-state index is 12.6. The third-order valence-corrected chi connectivity index (χ3v) is 5.61. The highest BCUT2D eigenvalue weighted by molar-refractivity contribution is 7.89. The molecular formula is C13H20Cl2N2O3S. The van der Waals surface area contributed by atoms with Crippen molar-refractivity contribution >= 4 is 33.2 Å². The first-order valence-electron chi connectivity index (χ1n) is 6.42. The molecule has 1 aromatic carbocycles. The minimum absolute atomic E-state index is 0.0295. The van der Waals surface area contributed by atoms with Gasteiger partial charge >= 0.3 is 0 Å². The Kier molecular flexibility index (Phi) is 7.39. The number of sulfonamides is 1. The highest BCUT2D eigenvalue weighted by Crippen LogP contribution is 2.31. The van der Waals surface area contributed by atoms with Crippen LogP contribution in [0, 0.1) is 0 Å². The number of halogens is 2. The molecule has 0 saturated heterocycles. The minimum Gasteiger partial charge on any atom is -0.385 e. The van der Waals surface area contributed by atoms with Gasteiger partial charge in [0.05, 0.1) is 5.02 Å². The Bertz CT molecular complexity index is 579. The molecular weight excluding hydrogens is 335 g/mol. The number of hydrogen-bond donors (Lipinski definition) is 1. The fourth-order valence-corrected chi connectivity index (χ4v) is 3.96. The summed E-state index contributed by atoms with van der Waals surface area (Å²) in [6, 6.07) is 3.04. The van der Waals surface area contributed by atoms with E-state index in [2.05, 4.69) is 5.32 Å². The first-order valence-corrected chi connectivity index (χ1v) is 8.62. The molecule has 0 aliphatic rings. The normalized spacial score (nSPS) is 12.1. The Morgan fingerprint density at radius 3 is 2.57 bits per heavy atom. The molecule has 0 bridgehead atoms. The number of ether oxygens (including phenoxy) is 1. The maximum Gasteiger partial charge on any atom is 0.244 e. The Labute approximate surface area is 136 Å². The second-order valence-corrected chi connectivity index (χ2v) is 7.41. The minimum atomic E-state index is -3.68. The van der Waals surface area contributed by atoms with Gasteiger partial charge < -0.3 is 10.1 Å². The van der Waals surface area contributed by atoms with Gasteiger partial charge in [-0.3, -0.25) is 0 Å². The molecule has 0 aliphatic heterocycles. The van der Waals surface area contributed by atoms with Gasteiger partial charge in [-0.2, -0.15) is 0 Å². The molecule has 1 N–H and O–H groups in total. The zero-order chi connectivity index (χ0) is 16.0. The molecule has 0 saturated carbocycles. The molecule has 1 rings (SSSR count). The van der Waals surface area contributed by atoms with E-state index in [4.69, 9.17) is 27.9 Å². The number of nitrogens with zero attached hydrogens (tertiary/aromatic N) is 1. The van der Waals surface area contributed by atoms with Crippen molar-refractivity contribution < 1.29 is 13.2 Å². The van der Waals surface area contributed by atoms with Crippen molar-refractivity contribution in [3.05, 3.63) is 27.7 Å². The second kappa shape index (κ2) is 8.31. The topological polar surface area (TPSA) is 58.6 Å². The molecule has 0 heterocycles. The summed E-state index contributed by atoms with van der Waals surface area (Å²) >= 11 is 12.2. The molecule has 0 atom stereocenters. The van der Waals surface area contributed by atoms with Crippen molar-refractivity contribution in [2.45, 2.75) is 17.9 Å². The highest BCUT2D eigenvalue weighted by Gasteiger charge is 2.25. The van der Waals surface area contributed by atoms with Gasteiger partial charge in [-0.1, -0.05) is 23.2 Å². The van der Waals surface area contributed by atoms with Gasteiger partial charge in [0.2, 0.25) is 10.0 Å². The third kappa shape index (κ3) is 4.81. The first-order chi connectivity index (χ1) is 9.84. The first kappa shape index (κ1) is 18.7. The molecule has 0 amide bonds. The van der Waals surface area contributed by atoms with Crippen LogP contribution in [0.15, 0.2) is 17.0 Å². The van der Waals surface area contributed by atoms with Crippen LogP contribution in [0.4, 0.5) is 0 Å². The van der Waals surface area contributed by atoms with E-state index in [1.54, 1.807) is 20.2 Å². The van der Waals surface area contributed by atoms with Crippen LogP contribution in [0.2, 0.25) is 10.0 Å². The summed E-state index contributed by atoms with van der Waals surface area (Å²) in [4.78, 5) is 0.0295. The Morgan fingerprint density at radius 1 is 1.33 bits per heavy atom. The van der Waals surface area contributed by atoms with Crippen LogP contribution < -0.4 is 5.32 Å². The highest BCUT2D eigenvalue weighted by atomic mass is 35.5.